The van der Waals surface area contributed by atoms with Crippen LogP contribution in [0, 0.1) is 0 Å². The maximum Gasteiger partial charge on any atom is 0.492 e. The van der Waals surface area contributed by atoms with E-state index in [2.05, 4.69) is 15.9 Å². The summed E-state index contributed by atoms with van der Waals surface area (Å²) in [6, 6.07) is 4.71. The molecule has 0 unspecified atom stereocenters. The SMILES string of the molecule is CC1(C)OB(C(=Cc2ccc(C(=O)O)cc2Br)CO)OC1(C)C. The highest BCUT2D eigenvalue weighted by atomic mass is 79.9. The number of carboxylic acids is 1. The van der Waals surface area contributed by atoms with Gasteiger partial charge < -0.3 is 19.5 Å². The summed E-state index contributed by atoms with van der Waals surface area (Å²) in [6.07, 6.45) is 1.75. The predicted octanol–water partition coefficient (Wildman–Crippen LogP) is 3.15. The molecule has 0 amide bonds. The molecule has 2 rings (SSSR count). The number of halogens is 1. The quantitative estimate of drug-likeness (QED) is 0.782. The molecule has 1 aromatic rings. The third kappa shape index (κ3) is 3.69. The van der Waals surface area contributed by atoms with Crippen LogP contribution in [0.15, 0.2) is 28.1 Å². The monoisotopic (exact) mass is 382 g/mol. The van der Waals surface area contributed by atoms with Crippen LogP contribution in [-0.2, 0) is 9.31 Å². The summed E-state index contributed by atoms with van der Waals surface area (Å²) in [4.78, 5) is 11.0. The number of hydrogen-bond acceptors (Lipinski definition) is 4. The van der Waals surface area contributed by atoms with Gasteiger partial charge in [-0.15, -0.1) is 0 Å². The lowest BCUT2D eigenvalue weighted by Gasteiger charge is -2.32. The molecule has 0 spiro atoms. The Bertz CT molecular complexity index is 638. The second-order valence-corrected chi connectivity index (χ2v) is 7.36. The highest BCUT2D eigenvalue weighted by Gasteiger charge is 2.52. The van der Waals surface area contributed by atoms with Crippen molar-refractivity contribution in [2.45, 2.75) is 38.9 Å². The van der Waals surface area contributed by atoms with Crippen LogP contribution in [0.25, 0.3) is 6.08 Å². The first-order valence-electron chi connectivity index (χ1n) is 7.27. The minimum absolute atomic E-state index is 0.190. The number of carbonyl (C=O) groups is 1. The van der Waals surface area contributed by atoms with Crippen LogP contribution in [0.4, 0.5) is 0 Å². The van der Waals surface area contributed by atoms with Gasteiger partial charge in [0.25, 0.3) is 0 Å². The fraction of sp³-hybridized carbons (Fsp3) is 0.438. The standard InChI is InChI=1S/C16H20BBrO5/c1-15(2)16(3,4)23-17(22-15)12(9-19)7-10-5-6-11(14(20)21)8-13(10)18/h5-8,19H,9H2,1-4H3,(H,20,21). The van der Waals surface area contributed by atoms with E-state index in [4.69, 9.17) is 14.4 Å². The Morgan fingerprint density at radius 3 is 2.26 bits per heavy atom. The summed E-state index contributed by atoms with van der Waals surface area (Å²) in [5.74, 6) is -0.991. The number of benzene rings is 1. The van der Waals surface area contributed by atoms with E-state index >= 15 is 0 Å². The van der Waals surface area contributed by atoms with E-state index in [9.17, 15) is 9.90 Å². The zero-order chi connectivity index (χ0) is 17.4. The first kappa shape index (κ1) is 18.2. The molecule has 0 aliphatic carbocycles. The van der Waals surface area contributed by atoms with Crippen LogP contribution in [0.1, 0.15) is 43.6 Å². The Morgan fingerprint density at radius 1 is 1.26 bits per heavy atom. The second-order valence-electron chi connectivity index (χ2n) is 6.51. The largest absolute Gasteiger partial charge is 0.492 e. The van der Waals surface area contributed by atoms with E-state index in [-0.39, 0.29) is 12.2 Å². The molecule has 1 aliphatic rings. The number of rotatable bonds is 4. The Kier molecular flexibility index (Phi) is 5.06. The number of aromatic carboxylic acids is 1. The maximum atomic E-state index is 11.0. The van der Waals surface area contributed by atoms with Crippen molar-refractivity contribution in [1.29, 1.82) is 0 Å². The van der Waals surface area contributed by atoms with Gasteiger partial charge in [0.2, 0.25) is 0 Å². The van der Waals surface area contributed by atoms with E-state index in [1.54, 1.807) is 12.1 Å². The van der Waals surface area contributed by atoms with Crippen molar-refractivity contribution in [1.82, 2.24) is 0 Å². The lowest BCUT2D eigenvalue weighted by molar-refractivity contribution is 0.00578. The Hall–Kier alpha value is -1.15. The number of hydrogen-bond donors (Lipinski definition) is 2. The van der Waals surface area contributed by atoms with Crippen LogP contribution >= 0.6 is 15.9 Å². The molecule has 1 aromatic carbocycles. The molecule has 7 heteroatoms. The highest BCUT2D eigenvalue weighted by Crippen LogP contribution is 2.39. The van der Waals surface area contributed by atoms with Crippen LogP contribution in [0.3, 0.4) is 0 Å². The van der Waals surface area contributed by atoms with Crippen molar-refractivity contribution in [3.63, 3.8) is 0 Å². The number of aliphatic hydroxyl groups is 1. The molecular formula is C16H20BBrO5. The summed E-state index contributed by atoms with van der Waals surface area (Å²) < 4.78 is 12.5. The van der Waals surface area contributed by atoms with Crippen molar-refractivity contribution in [2.24, 2.45) is 0 Å². The average Bonchev–Trinajstić information content (AvgIpc) is 2.65. The molecule has 0 radical (unpaired) electrons. The summed E-state index contributed by atoms with van der Waals surface area (Å²) in [6.45, 7) is 7.56. The molecule has 1 heterocycles. The molecule has 124 valence electrons. The van der Waals surface area contributed by atoms with Crippen LogP contribution < -0.4 is 0 Å². The van der Waals surface area contributed by atoms with Gasteiger partial charge in [0, 0.05) is 4.47 Å². The van der Waals surface area contributed by atoms with Crippen molar-refractivity contribution in [3.05, 3.63) is 39.3 Å². The van der Waals surface area contributed by atoms with Gasteiger partial charge >= 0.3 is 13.1 Å². The molecule has 0 atom stereocenters. The highest BCUT2D eigenvalue weighted by molar-refractivity contribution is 9.10. The first-order chi connectivity index (χ1) is 10.6. The number of aliphatic hydroxyl groups excluding tert-OH is 1. The van der Waals surface area contributed by atoms with Gasteiger partial charge in [0.05, 0.1) is 23.4 Å². The Labute approximate surface area is 144 Å². The fourth-order valence-electron chi connectivity index (χ4n) is 2.16. The Balaban J connectivity index is 2.32. The molecule has 0 bridgehead atoms. The molecule has 1 saturated heterocycles. The minimum Gasteiger partial charge on any atom is -0.478 e. The van der Waals surface area contributed by atoms with Gasteiger partial charge in [-0.3, -0.25) is 0 Å². The lowest BCUT2D eigenvalue weighted by atomic mass is 9.77. The summed E-state index contributed by atoms with van der Waals surface area (Å²) in [5.41, 5.74) is 0.531. The van der Waals surface area contributed by atoms with Gasteiger partial charge in [-0.2, -0.15) is 0 Å². The van der Waals surface area contributed by atoms with Crippen LogP contribution in [-0.4, -0.2) is 41.1 Å². The van der Waals surface area contributed by atoms with Gasteiger partial charge in [-0.25, -0.2) is 4.79 Å². The fourth-order valence-corrected chi connectivity index (χ4v) is 2.65. The van der Waals surface area contributed by atoms with Crippen molar-refractivity contribution >= 4 is 35.1 Å². The van der Waals surface area contributed by atoms with E-state index in [1.807, 2.05) is 27.7 Å². The van der Waals surface area contributed by atoms with Crippen molar-refractivity contribution in [2.75, 3.05) is 6.61 Å². The van der Waals surface area contributed by atoms with Crippen LogP contribution in [0.2, 0.25) is 0 Å². The van der Waals surface area contributed by atoms with Gasteiger partial charge in [0.15, 0.2) is 0 Å². The van der Waals surface area contributed by atoms with Gasteiger partial charge in [-0.1, -0.05) is 28.1 Å². The van der Waals surface area contributed by atoms with E-state index < -0.39 is 24.3 Å². The normalized spacial score (nSPS) is 19.9. The van der Waals surface area contributed by atoms with Crippen LogP contribution in [0.5, 0.6) is 0 Å². The lowest BCUT2D eigenvalue weighted by Crippen LogP contribution is -2.41. The van der Waals surface area contributed by atoms with Gasteiger partial charge in [-0.05, 0) is 50.9 Å². The van der Waals surface area contributed by atoms with E-state index in [0.717, 1.165) is 5.56 Å². The Morgan fingerprint density at radius 2 is 1.83 bits per heavy atom. The molecular weight excluding hydrogens is 363 g/mol. The molecule has 2 N–H and O–H groups in total. The molecule has 1 aliphatic heterocycles. The molecule has 1 fully saturated rings. The maximum absolute atomic E-state index is 11.0. The molecule has 0 aromatic heterocycles. The van der Waals surface area contributed by atoms with E-state index in [1.165, 1.54) is 12.1 Å². The molecule has 23 heavy (non-hydrogen) atoms. The van der Waals surface area contributed by atoms with Crippen molar-refractivity contribution in [3.8, 4) is 0 Å². The van der Waals surface area contributed by atoms with Crippen molar-refractivity contribution < 1.29 is 24.3 Å². The molecule has 5 nitrogen and oxygen atoms in total. The average molecular weight is 383 g/mol. The second kappa shape index (κ2) is 6.40. The third-order valence-electron chi connectivity index (χ3n) is 4.33. The zero-order valence-electron chi connectivity index (χ0n) is 13.6. The number of carboxylic acid groups (broad SMARTS) is 1. The summed E-state index contributed by atoms with van der Waals surface area (Å²) >= 11 is 3.36. The minimum atomic E-state index is -0.991. The third-order valence-corrected chi connectivity index (χ3v) is 5.01. The topological polar surface area (TPSA) is 76.0 Å². The predicted molar refractivity (Wildman–Crippen MR) is 92.2 cm³/mol. The zero-order valence-corrected chi connectivity index (χ0v) is 15.2. The summed E-state index contributed by atoms with van der Waals surface area (Å²) in [7, 11) is -0.643. The first-order valence-corrected chi connectivity index (χ1v) is 8.06. The molecule has 0 saturated carbocycles. The van der Waals surface area contributed by atoms with E-state index in [0.29, 0.717) is 9.95 Å². The summed E-state index contributed by atoms with van der Waals surface area (Å²) in [5, 5.41) is 18.7. The van der Waals surface area contributed by atoms with Gasteiger partial charge in [0.1, 0.15) is 0 Å². The smallest absolute Gasteiger partial charge is 0.478 e.